The highest BCUT2D eigenvalue weighted by molar-refractivity contribution is 8.04. The Balaban J connectivity index is 2.29. The molecule has 2 heterocycles. The Kier molecular flexibility index (Phi) is 5.37. The molecule has 1 saturated heterocycles. The third-order valence-corrected chi connectivity index (χ3v) is 5.82. The van der Waals surface area contributed by atoms with Gasteiger partial charge in [0.25, 0.3) is 0 Å². The van der Waals surface area contributed by atoms with Gasteiger partial charge in [-0.25, -0.2) is 9.59 Å². The van der Waals surface area contributed by atoms with Gasteiger partial charge in [-0.2, -0.15) is 0 Å². The maximum Gasteiger partial charge on any atom is 0.338 e. The normalized spacial score (nSPS) is 21.6. The molecule has 3 rings (SSSR count). The average Bonchev–Trinajstić information content (AvgIpc) is 3.01. The Morgan fingerprint density at radius 1 is 1.04 bits per heavy atom. The SMILES string of the molecule is COC(=O)C1=C(N)N2C(=O)C(C)SC2=C(C(=O)OC)C1c1ccc(OC)cc1. The van der Waals surface area contributed by atoms with Crippen LogP contribution < -0.4 is 10.5 Å². The van der Waals surface area contributed by atoms with E-state index in [1.54, 1.807) is 31.2 Å². The molecule has 0 aliphatic carbocycles. The smallest absolute Gasteiger partial charge is 0.338 e. The summed E-state index contributed by atoms with van der Waals surface area (Å²) in [6.07, 6.45) is 0. The van der Waals surface area contributed by atoms with Crippen LogP contribution in [0.1, 0.15) is 18.4 Å². The van der Waals surface area contributed by atoms with E-state index in [0.717, 1.165) is 0 Å². The molecule has 2 unspecified atom stereocenters. The molecule has 2 aliphatic heterocycles. The first kappa shape index (κ1) is 19.8. The zero-order chi connectivity index (χ0) is 20.6. The van der Waals surface area contributed by atoms with Crippen molar-refractivity contribution in [2.24, 2.45) is 5.73 Å². The van der Waals surface area contributed by atoms with Crippen LogP contribution in [0.5, 0.6) is 5.75 Å². The number of carbonyl (C=O) groups is 3. The standard InChI is InChI=1S/C19H20N2O6S/c1-9-16(22)21-15(20)13(18(23)26-3)12(10-5-7-11(25-2)8-6-10)14(17(21)28-9)19(24)27-4/h5-9,12H,20H2,1-4H3. The summed E-state index contributed by atoms with van der Waals surface area (Å²) in [5.74, 6) is -1.96. The molecule has 1 amide bonds. The van der Waals surface area contributed by atoms with Crippen LogP contribution in [-0.2, 0) is 23.9 Å². The van der Waals surface area contributed by atoms with E-state index in [1.165, 1.54) is 38.0 Å². The molecular formula is C19H20N2O6S. The molecule has 1 fully saturated rings. The van der Waals surface area contributed by atoms with E-state index in [1.807, 2.05) is 0 Å². The second-order valence-electron chi connectivity index (χ2n) is 6.14. The van der Waals surface area contributed by atoms with E-state index in [4.69, 9.17) is 19.9 Å². The van der Waals surface area contributed by atoms with E-state index in [-0.39, 0.29) is 22.9 Å². The summed E-state index contributed by atoms with van der Waals surface area (Å²) in [7, 11) is 4.00. The number of esters is 2. The van der Waals surface area contributed by atoms with Crippen molar-refractivity contribution in [2.45, 2.75) is 18.1 Å². The molecule has 148 valence electrons. The quantitative estimate of drug-likeness (QED) is 0.752. The number of fused-ring (bicyclic) bond motifs is 1. The van der Waals surface area contributed by atoms with Crippen LogP contribution in [0.15, 0.2) is 46.3 Å². The number of ether oxygens (including phenoxy) is 3. The number of hydrogen-bond acceptors (Lipinski definition) is 8. The van der Waals surface area contributed by atoms with E-state index >= 15 is 0 Å². The number of amides is 1. The van der Waals surface area contributed by atoms with Gasteiger partial charge < -0.3 is 19.9 Å². The first-order chi connectivity index (χ1) is 13.3. The van der Waals surface area contributed by atoms with Crippen LogP contribution in [-0.4, -0.2) is 49.3 Å². The Labute approximate surface area is 166 Å². The Morgan fingerprint density at radius 2 is 1.61 bits per heavy atom. The van der Waals surface area contributed by atoms with Gasteiger partial charge in [-0.05, 0) is 24.6 Å². The van der Waals surface area contributed by atoms with Gasteiger partial charge in [0.2, 0.25) is 5.91 Å². The molecule has 28 heavy (non-hydrogen) atoms. The Morgan fingerprint density at radius 3 is 2.14 bits per heavy atom. The number of thioether (sulfide) groups is 1. The molecule has 2 atom stereocenters. The lowest BCUT2D eigenvalue weighted by molar-refractivity contribution is -0.137. The maximum absolute atomic E-state index is 12.7. The fourth-order valence-electron chi connectivity index (χ4n) is 3.28. The molecule has 0 radical (unpaired) electrons. The van der Waals surface area contributed by atoms with Gasteiger partial charge in [0.1, 0.15) is 11.6 Å². The average molecular weight is 404 g/mol. The minimum Gasteiger partial charge on any atom is -0.497 e. The second kappa shape index (κ2) is 7.59. The van der Waals surface area contributed by atoms with Gasteiger partial charge in [-0.15, -0.1) is 0 Å². The minimum absolute atomic E-state index is 0.0138. The number of nitrogens with two attached hydrogens (primary N) is 1. The molecular weight excluding hydrogens is 384 g/mol. The summed E-state index contributed by atoms with van der Waals surface area (Å²) in [6.45, 7) is 1.71. The van der Waals surface area contributed by atoms with Crippen molar-refractivity contribution in [1.29, 1.82) is 0 Å². The van der Waals surface area contributed by atoms with E-state index in [0.29, 0.717) is 16.3 Å². The zero-order valence-corrected chi connectivity index (χ0v) is 16.7. The van der Waals surface area contributed by atoms with Gasteiger partial charge in [-0.3, -0.25) is 9.69 Å². The van der Waals surface area contributed by atoms with Crippen molar-refractivity contribution < 1.29 is 28.6 Å². The zero-order valence-electron chi connectivity index (χ0n) is 15.8. The summed E-state index contributed by atoms with van der Waals surface area (Å²) in [6, 6.07) is 6.87. The summed E-state index contributed by atoms with van der Waals surface area (Å²) >= 11 is 1.20. The second-order valence-corrected chi connectivity index (χ2v) is 7.47. The molecule has 0 spiro atoms. The van der Waals surface area contributed by atoms with Gasteiger partial charge in [0, 0.05) is 0 Å². The summed E-state index contributed by atoms with van der Waals surface area (Å²) in [5.41, 5.74) is 7.04. The van der Waals surface area contributed by atoms with Gasteiger partial charge in [0.05, 0.1) is 48.7 Å². The van der Waals surface area contributed by atoms with Crippen LogP contribution in [0.3, 0.4) is 0 Å². The van der Waals surface area contributed by atoms with Crippen molar-refractivity contribution in [3.8, 4) is 5.75 Å². The van der Waals surface area contributed by atoms with E-state index in [9.17, 15) is 14.4 Å². The van der Waals surface area contributed by atoms with Crippen LogP contribution in [0, 0.1) is 0 Å². The lowest BCUT2D eigenvalue weighted by Gasteiger charge is -2.32. The molecule has 0 bridgehead atoms. The summed E-state index contributed by atoms with van der Waals surface area (Å²) in [4.78, 5) is 39.2. The first-order valence-corrected chi connectivity index (χ1v) is 9.28. The lowest BCUT2D eigenvalue weighted by atomic mass is 9.82. The largest absolute Gasteiger partial charge is 0.497 e. The highest BCUT2D eigenvalue weighted by atomic mass is 32.2. The minimum atomic E-state index is -0.845. The molecule has 2 aliphatic rings. The van der Waals surface area contributed by atoms with Gasteiger partial charge in [-0.1, -0.05) is 23.9 Å². The van der Waals surface area contributed by atoms with Gasteiger partial charge in [0.15, 0.2) is 0 Å². The number of methoxy groups -OCH3 is 3. The van der Waals surface area contributed by atoms with Gasteiger partial charge >= 0.3 is 11.9 Å². The molecule has 9 heteroatoms. The number of nitrogens with zero attached hydrogens (tertiary/aromatic N) is 1. The molecule has 0 aromatic heterocycles. The highest BCUT2D eigenvalue weighted by Crippen LogP contribution is 2.49. The monoisotopic (exact) mass is 404 g/mol. The van der Waals surface area contributed by atoms with Crippen molar-refractivity contribution in [2.75, 3.05) is 21.3 Å². The maximum atomic E-state index is 12.7. The number of rotatable bonds is 4. The number of benzene rings is 1. The number of carbonyl (C=O) groups excluding carboxylic acids is 3. The van der Waals surface area contributed by atoms with Crippen molar-refractivity contribution in [3.63, 3.8) is 0 Å². The Bertz CT molecular complexity index is 906. The lowest BCUT2D eigenvalue weighted by Crippen LogP contribution is -2.40. The van der Waals surface area contributed by atoms with E-state index in [2.05, 4.69) is 0 Å². The first-order valence-electron chi connectivity index (χ1n) is 8.40. The fraction of sp³-hybridized carbons (Fsp3) is 0.316. The topological polar surface area (TPSA) is 108 Å². The van der Waals surface area contributed by atoms with Crippen molar-refractivity contribution in [1.82, 2.24) is 4.90 Å². The van der Waals surface area contributed by atoms with Crippen LogP contribution in [0.2, 0.25) is 0 Å². The van der Waals surface area contributed by atoms with Crippen molar-refractivity contribution in [3.05, 3.63) is 51.8 Å². The van der Waals surface area contributed by atoms with E-state index < -0.39 is 23.1 Å². The summed E-state index contributed by atoms with van der Waals surface area (Å²) < 4.78 is 15.1. The third-order valence-electron chi connectivity index (χ3n) is 4.64. The van der Waals surface area contributed by atoms with Crippen LogP contribution in [0.25, 0.3) is 0 Å². The third kappa shape index (κ3) is 3.01. The molecule has 0 saturated carbocycles. The molecule has 1 aromatic carbocycles. The molecule has 8 nitrogen and oxygen atoms in total. The molecule has 2 N–H and O–H groups in total. The van der Waals surface area contributed by atoms with Crippen LogP contribution in [0.4, 0.5) is 0 Å². The number of hydrogen-bond donors (Lipinski definition) is 1. The summed E-state index contributed by atoms with van der Waals surface area (Å²) in [5, 5.41) is -0.0861. The fourth-order valence-corrected chi connectivity index (χ4v) is 4.44. The van der Waals surface area contributed by atoms with Crippen molar-refractivity contribution >= 4 is 29.6 Å². The van der Waals surface area contributed by atoms with Crippen LogP contribution >= 0.6 is 11.8 Å². The predicted molar refractivity (Wildman–Crippen MR) is 102 cm³/mol. The predicted octanol–water partition coefficient (Wildman–Crippen LogP) is 1.48. The molecule has 1 aromatic rings. The Hall–Kier alpha value is -2.94. The highest BCUT2D eigenvalue weighted by Gasteiger charge is 2.48.